The first-order chi connectivity index (χ1) is 8.52. The van der Waals surface area contributed by atoms with Gasteiger partial charge in [0.05, 0.1) is 16.6 Å². The van der Waals surface area contributed by atoms with Crippen molar-refractivity contribution in [2.45, 2.75) is 13.5 Å². The van der Waals surface area contributed by atoms with Gasteiger partial charge in [-0.1, -0.05) is 0 Å². The second-order valence-electron chi connectivity index (χ2n) is 3.93. The zero-order valence-corrected chi connectivity index (χ0v) is 10.1. The molecule has 1 amide bonds. The van der Waals surface area contributed by atoms with Gasteiger partial charge in [-0.25, -0.2) is 9.78 Å². The third-order valence-electron chi connectivity index (χ3n) is 2.77. The molecule has 1 aromatic heterocycles. The molecule has 0 saturated heterocycles. The minimum absolute atomic E-state index is 0.127. The third-order valence-corrected chi connectivity index (χ3v) is 2.77. The molecule has 0 saturated carbocycles. The zero-order valence-electron chi connectivity index (χ0n) is 10.1. The molecule has 0 aliphatic rings. The van der Waals surface area contributed by atoms with Gasteiger partial charge >= 0.3 is 5.97 Å². The van der Waals surface area contributed by atoms with Crippen molar-refractivity contribution in [1.82, 2.24) is 14.9 Å². The molecule has 6 nitrogen and oxygen atoms in total. The van der Waals surface area contributed by atoms with Gasteiger partial charge in [-0.3, -0.25) is 4.79 Å². The van der Waals surface area contributed by atoms with Crippen LogP contribution in [0.5, 0.6) is 0 Å². The molecule has 0 spiro atoms. The normalized spacial score (nSPS) is 10.6. The van der Waals surface area contributed by atoms with E-state index in [0.29, 0.717) is 16.9 Å². The number of nitrogens with one attached hydrogen (secondary N) is 1. The van der Waals surface area contributed by atoms with Crippen LogP contribution in [0.15, 0.2) is 18.2 Å². The van der Waals surface area contributed by atoms with Gasteiger partial charge in [0, 0.05) is 7.05 Å². The smallest absolute Gasteiger partial charge is 0.335 e. The first-order valence-electron chi connectivity index (χ1n) is 5.43. The van der Waals surface area contributed by atoms with Gasteiger partial charge in [0.25, 0.3) is 0 Å². The number of carboxylic acid groups (broad SMARTS) is 1. The van der Waals surface area contributed by atoms with Crippen LogP contribution in [0.4, 0.5) is 0 Å². The third kappa shape index (κ3) is 2.04. The van der Waals surface area contributed by atoms with E-state index >= 15 is 0 Å². The lowest BCUT2D eigenvalue weighted by atomic mass is 10.2. The van der Waals surface area contributed by atoms with Gasteiger partial charge < -0.3 is 15.0 Å². The van der Waals surface area contributed by atoms with E-state index in [4.69, 9.17) is 5.11 Å². The molecule has 0 bridgehead atoms. The van der Waals surface area contributed by atoms with E-state index in [1.54, 1.807) is 24.6 Å². The fraction of sp³-hybridized carbons (Fsp3) is 0.250. The highest BCUT2D eigenvalue weighted by Gasteiger charge is 2.12. The fourth-order valence-corrected chi connectivity index (χ4v) is 1.80. The Kier molecular flexibility index (Phi) is 3.01. The second-order valence-corrected chi connectivity index (χ2v) is 3.93. The number of likely N-dealkylation sites (N-methyl/N-ethyl adjacent to an activating group) is 1. The maximum atomic E-state index is 11.4. The van der Waals surface area contributed by atoms with E-state index < -0.39 is 5.97 Å². The first-order valence-corrected chi connectivity index (χ1v) is 5.43. The Morgan fingerprint density at radius 3 is 2.78 bits per heavy atom. The Labute approximate surface area is 103 Å². The molecule has 0 aliphatic heterocycles. The minimum Gasteiger partial charge on any atom is -0.478 e. The van der Waals surface area contributed by atoms with Crippen LogP contribution in [-0.2, 0) is 11.3 Å². The monoisotopic (exact) mass is 247 g/mol. The van der Waals surface area contributed by atoms with Gasteiger partial charge in [-0.05, 0) is 25.1 Å². The van der Waals surface area contributed by atoms with Crippen molar-refractivity contribution in [3.63, 3.8) is 0 Å². The van der Waals surface area contributed by atoms with Crippen molar-refractivity contribution in [2.75, 3.05) is 7.05 Å². The van der Waals surface area contributed by atoms with Gasteiger partial charge in [0.2, 0.25) is 5.91 Å². The summed E-state index contributed by atoms with van der Waals surface area (Å²) in [6.07, 6.45) is 0. The topological polar surface area (TPSA) is 84.2 Å². The van der Waals surface area contributed by atoms with Gasteiger partial charge in [-0.2, -0.15) is 0 Å². The Balaban J connectivity index is 2.56. The van der Waals surface area contributed by atoms with E-state index in [9.17, 15) is 9.59 Å². The molecule has 1 aromatic carbocycles. The van der Waals surface area contributed by atoms with Crippen molar-refractivity contribution in [1.29, 1.82) is 0 Å². The molecule has 2 N–H and O–H groups in total. The van der Waals surface area contributed by atoms with Crippen molar-refractivity contribution >= 4 is 22.9 Å². The Hall–Kier alpha value is -2.37. The number of carboxylic acids is 1. The number of nitrogens with zero attached hydrogens (tertiary/aromatic N) is 2. The lowest BCUT2D eigenvalue weighted by molar-refractivity contribution is -0.121. The highest BCUT2D eigenvalue weighted by molar-refractivity contribution is 5.92. The summed E-state index contributed by atoms with van der Waals surface area (Å²) < 4.78 is 1.70. The lowest BCUT2D eigenvalue weighted by Gasteiger charge is -2.05. The number of carbonyl (C=O) groups excluding carboxylic acids is 1. The summed E-state index contributed by atoms with van der Waals surface area (Å²) >= 11 is 0. The van der Waals surface area contributed by atoms with Crippen LogP contribution in [-0.4, -0.2) is 33.6 Å². The summed E-state index contributed by atoms with van der Waals surface area (Å²) in [6.45, 7) is 1.91. The lowest BCUT2D eigenvalue weighted by Crippen LogP contribution is -2.23. The number of aryl methyl sites for hydroxylation is 1. The van der Waals surface area contributed by atoms with Crippen LogP contribution in [0.25, 0.3) is 11.0 Å². The molecule has 0 aliphatic carbocycles. The second kappa shape index (κ2) is 4.48. The molecule has 6 heteroatoms. The molecule has 94 valence electrons. The molecule has 18 heavy (non-hydrogen) atoms. The SMILES string of the molecule is CNC(=O)Cn1c(C)nc2ccc(C(=O)O)cc21. The van der Waals surface area contributed by atoms with E-state index in [0.717, 1.165) is 0 Å². The molecule has 2 aromatic rings. The van der Waals surface area contributed by atoms with Crippen molar-refractivity contribution < 1.29 is 14.7 Å². The van der Waals surface area contributed by atoms with E-state index in [-0.39, 0.29) is 18.0 Å². The van der Waals surface area contributed by atoms with E-state index in [1.807, 2.05) is 0 Å². The molecular formula is C12H13N3O3. The summed E-state index contributed by atoms with van der Waals surface area (Å²) in [5.74, 6) is -0.475. The quantitative estimate of drug-likeness (QED) is 0.839. The summed E-state index contributed by atoms with van der Waals surface area (Å²) in [5.41, 5.74) is 1.51. The van der Waals surface area contributed by atoms with Crippen LogP contribution < -0.4 is 5.32 Å². The number of fused-ring (bicyclic) bond motifs is 1. The zero-order chi connectivity index (χ0) is 13.3. The van der Waals surface area contributed by atoms with Crippen LogP contribution in [0, 0.1) is 6.92 Å². The molecule has 0 radical (unpaired) electrons. The minimum atomic E-state index is -0.998. The number of benzene rings is 1. The molecular weight excluding hydrogens is 234 g/mol. The van der Waals surface area contributed by atoms with E-state index in [1.165, 1.54) is 12.1 Å². The predicted molar refractivity (Wildman–Crippen MR) is 65.5 cm³/mol. The van der Waals surface area contributed by atoms with Gasteiger partial charge in [0.1, 0.15) is 12.4 Å². The number of aromatic nitrogens is 2. The predicted octanol–water partition coefficient (Wildman–Crippen LogP) is 0.789. The van der Waals surface area contributed by atoms with Crippen molar-refractivity contribution in [2.24, 2.45) is 0 Å². The van der Waals surface area contributed by atoms with Crippen molar-refractivity contribution in [3.8, 4) is 0 Å². The average Bonchev–Trinajstić information content (AvgIpc) is 2.65. The maximum absolute atomic E-state index is 11.4. The standard InChI is InChI=1S/C12H13N3O3/c1-7-14-9-4-3-8(12(17)18)5-10(9)15(7)6-11(16)13-2/h3-5H,6H2,1-2H3,(H,13,16)(H,17,18). The molecule has 2 rings (SSSR count). The summed E-state index contributed by atoms with van der Waals surface area (Å²) in [5, 5.41) is 11.5. The Bertz CT molecular complexity index is 631. The number of amides is 1. The van der Waals surface area contributed by atoms with Crippen LogP contribution in [0.2, 0.25) is 0 Å². The molecule has 1 heterocycles. The Morgan fingerprint density at radius 1 is 1.44 bits per heavy atom. The van der Waals surface area contributed by atoms with Crippen LogP contribution in [0.3, 0.4) is 0 Å². The van der Waals surface area contributed by atoms with Crippen molar-refractivity contribution in [3.05, 3.63) is 29.6 Å². The summed E-state index contributed by atoms with van der Waals surface area (Å²) in [4.78, 5) is 26.6. The van der Waals surface area contributed by atoms with Crippen LogP contribution in [0.1, 0.15) is 16.2 Å². The van der Waals surface area contributed by atoms with Gasteiger partial charge in [0.15, 0.2) is 0 Å². The summed E-state index contributed by atoms with van der Waals surface area (Å²) in [7, 11) is 1.56. The molecule has 0 atom stereocenters. The Morgan fingerprint density at radius 2 is 2.17 bits per heavy atom. The van der Waals surface area contributed by atoms with Crippen LogP contribution >= 0.6 is 0 Å². The number of hydrogen-bond donors (Lipinski definition) is 2. The summed E-state index contributed by atoms with van der Waals surface area (Å²) in [6, 6.07) is 4.67. The average molecular weight is 247 g/mol. The maximum Gasteiger partial charge on any atom is 0.335 e. The molecule has 0 fully saturated rings. The highest BCUT2D eigenvalue weighted by atomic mass is 16.4. The largest absolute Gasteiger partial charge is 0.478 e. The number of carbonyl (C=O) groups is 2. The highest BCUT2D eigenvalue weighted by Crippen LogP contribution is 2.17. The van der Waals surface area contributed by atoms with E-state index in [2.05, 4.69) is 10.3 Å². The number of aromatic carboxylic acids is 1. The fourth-order valence-electron chi connectivity index (χ4n) is 1.80. The van der Waals surface area contributed by atoms with Gasteiger partial charge in [-0.15, -0.1) is 0 Å². The number of rotatable bonds is 3. The number of hydrogen-bond acceptors (Lipinski definition) is 3. The number of imidazole rings is 1. The first kappa shape index (κ1) is 12.1. The molecule has 0 unspecified atom stereocenters.